The molecule has 1 saturated heterocycles. The molecule has 8 nitrogen and oxygen atoms in total. The fourth-order valence-electron chi connectivity index (χ4n) is 2.16. The number of ether oxygens (including phenoxy) is 2. The maximum absolute atomic E-state index is 12.3. The molecule has 2 rings (SSSR count). The molecule has 0 bridgehead atoms. The van der Waals surface area contributed by atoms with Crippen molar-refractivity contribution in [3.63, 3.8) is 0 Å². The van der Waals surface area contributed by atoms with Gasteiger partial charge in [0.2, 0.25) is 10.0 Å². The van der Waals surface area contributed by atoms with E-state index in [2.05, 4.69) is 4.72 Å². The summed E-state index contributed by atoms with van der Waals surface area (Å²) >= 11 is 0. The van der Waals surface area contributed by atoms with Crippen LogP contribution in [0.25, 0.3) is 0 Å². The van der Waals surface area contributed by atoms with Crippen LogP contribution >= 0.6 is 0 Å². The van der Waals surface area contributed by atoms with Crippen LogP contribution in [-0.4, -0.2) is 52.0 Å². The largest absolute Gasteiger partial charge is 0.478 e. The number of nitrogens with one attached hydrogen (secondary N) is 1. The fourth-order valence-corrected chi connectivity index (χ4v) is 3.63. The minimum Gasteiger partial charge on any atom is -0.478 e. The first-order chi connectivity index (χ1) is 9.83. The number of carbonyl (C=O) groups is 1. The van der Waals surface area contributed by atoms with Crippen molar-refractivity contribution in [2.75, 3.05) is 26.4 Å². The Morgan fingerprint density at radius 2 is 2.05 bits per heavy atom. The van der Waals surface area contributed by atoms with E-state index in [4.69, 9.17) is 19.0 Å². The van der Waals surface area contributed by atoms with Crippen LogP contribution in [0.4, 0.5) is 0 Å². The molecular formula is C12H17NO7S. The lowest BCUT2D eigenvalue weighted by Crippen LogP contribution is -2.40. The van der Waals surface area contributed by atoms with Gasteiger partial charge >= 0.3 is 5.97 Å². The molecule has 0 aliphatic carbocycles. The Hall–Kier alpha value is -1.42. The van der Waals surface area contributed by atoms with Gasteiger partial charge in [-0.05, 0) is 13.8 Å². The van der Waals surface area contributed by atoms with Crippen molar-refractivity contribution in [2.45, 2.75) is 24.8 Å². The highest BCUT2D eigenvalue weighted by Gasteiger charge is 2.31. The Bertz CT molecular complexity index is 628. The number of carboxylic acid groups (broad SMARTS) is 1. The maximum atomic E-state index is 12.3. The summed E-state index contributed by atoms with van der Waals surface area (Å²) < 4.78 is 42.6. The molecule has 1 aromatic heterocycles. The molecule has 0 spiro atoms. The van der Waals surface area contributed by atoms with Crippen LogP contribution in [0.1, 0.15) is 21.9 Å². The van der Waals surface area contributed by atoms with Gasteiger partial charge in [-0.2, -0.15) is 0 Å². The lowest BCUT2D eigenvalue weighted by molar-refractivity contribution is -0.0846. The van der Waals surface area contributed by atoms with E-state index in [-0.39, 0.29) is 35.1 Å². The molecule has 1 fully saturated rings. The Kier molecular flexibility index (Phi) is 4.67. The van der Waals surface area contributed by atoms with Gasteiger partial charge in [0.05, 0.1) is 25.9 Å². The van der Waals surface area contributed by atoms with Gasteiger partial charge in [-0.1, -0.05) is 0 Å². The summed E-state index contributed by atoms with van der Waals surface area (Å²) in [6.45, 7) is 3.99. The third-order valence-corrected chi connectivity index (χ3v) is 4.65. The first-order valence-electron chi connectivity index (χ1n) is 6.35. The zero-order valence-electron chi connectivity index (χ0n) is 11.7. The van der Waals surface area contributed by atoms with Crippen molar-refractivity contribution < 1.29 is 32.2 Å². The minimum atomic E-state index is -4.01. The molecule has 0 saturated carbocycles. The van der Waals surface area contributed by atoms with E-state index in [0.29, 0.717) is 13.2 Å². The van der Waals surface area contributed by atoms with Crippen LogP contribution < -0.4 is 4.72 Å². The summed E-state index contributed by atoms with van der Waals surface area (Å²) in [6, 6.07) is 0. The molecule has 2 heterocycles. The Labute approximate surface area is 122 Å². The van der Waals surface area contributed by atoms with Crippen molar-refractivity contribution in [3.05, 3.63) is 17.1 Å². The normalized spacial score (nSPS) is 19.6. The van der Waals surface area contributed by atoms with Gasteiger partial charge in [-0.15, -0.1) is 0 Å². The monoisotopic (exact) mass is 319 g/mol. The number of aromatic carboxylic acids is 1. The number of sulfonamides is 1. The molecule has 0 amide bonds. The fraction of sp³-hybridized carbons (Fsp3) is 0.583. The van der Waals surface area contributed by atoms with E-state index in [1.165, 1.54) is 13.8 Å². The highest BCUT2D eigenvalue weighted by Crippen LogP contribution is 2.26. The van der Waals surface area contributed by atoms with Crippen LogP contribution in [0.2, 0.25) is 0 Å². The summed E-state index contributed by atoms with van der Waals surface area (Å²) in [7, 11) is -4.01. The molecule has 2 N–H and O–H groups in total. The van der Waals surface area contributed by atoms with Gasteiger partial charge in [0, 0.05) is 6.54 Å². The summed E-state index contributed by atoms with van der Waals surface area (Å²) in [5, 5.41) is 9.14. The first-order valence-corrected chi connectivity index (χ1v) is 7.83. The molecule has 21 heavy (non-hydrogen) atoms. The van der Waals surface area contributed by atoms with Gasteiger partial charge in [-0.25, -0.2) is 17.9 Å². The molecule has 118 valence electrons. The topological polar surface area (TPSA) is 115 Å². The van der Waals surface area contributed by atoms with E-state index in [1.54, 1.807) is 0 Å². The summed E-state index contributed by atoms with van der Waals surface area (Å²) in [6.07, 6.45) is -0.393. The third kappa shape index (κ3) is 3.43. The second-order valence-corrected chi connectivity index (χ2v) is 6.35. The molecule has 1 aliphatic rings. The van der Waals surface area contributed by atoms with Crippen LogP contribution in [-0.2, 0) is 19.5 Å². The SMILES string of the molecule is Cc1oc(C)c(S(=O)(=O)NCC2COCCO2)c1C(=O)O. The van der Waals surface area contributed by atoms with Gasteiger partial charge in [0.25, 0.3) is 0 Å². The average molecular weight is 319 g/mol. The predicted octanol–water partition coefficient (Wildman–Crippen LogP) is 0.288. The third-order valence-electron chi connectivity index (χ3n) is 3.07. The van der Waals surface area contributed by atoms with E-state index >= 15 is 0 Å². The number of hydrogen-bond donors (Lipinski definition) is 2. The molecular weight excluding hydrogens is 302 g/mol. The zero-order valence-corrected chi connectivity index (χ0v) is 12.5. The van der Waals surface area contributed by atoms with E-state index in [0.717, 1.165) is 0 Å². The van der Waals surface area contributed by atoms with Crippen molar-refractivity contribution in [3.8, 4) is 0 Å². The van der Waals surface area contributed by atoms with Crippen LogP contribution in [0.3, 0.4) is 0 Å². The second kappa shape index (κ2) is 6.14. The second-order valence-electron chi connectivity index (χ2n) is 4.64. The van der Waals surface area contributed by atoms with Gasteiger partial charge in [-0.3, -0.25) is 0 Å². The molecule has 0 aromatic carbocycles. The molecule has 1 aromatic rings. The Balaban J connectivity index is 2.21. The standard InChI is InChI=1S/C12H17NO7S/c1-7-10(12(14)15)11(8(2)20-7)21(16,17)13-5-9-6-18-3-4-19-9/h9,13H,3-6H2,1-2H3,(H,14,15). The van der Waals surface area contributed by atoms with Crippen LogP contribution in [0.15, 0.2) is 9.31 Å². The molecule has 9 heteroatoms. The highest BCUT2D eigenvalue weighted by atomic mass is 32.2. The predicted molar refractivity (Wildman–Crippen MR) is 70.9 cm³/mol. The summed E-state index contributed by atoms with van der Waals surface area (Å²) in [5.74, 6) is -1.25. The van der Waals surface area contributed by atoms with Crippen LogP contribution in [0, 0.1) is 13.8 Å². The number of furan rings is 1. The summed E-state index contributed by atoms with van der Waals surface area (Å²) in [4.78, 5) is 10.9. The number of carboxylic acids is 1. The van der Waals surface area contributed by atoms with Crippen molar-refractivity contribution in [2.24, 2.45) is 0 Å². The van der Waals surface area contributed by atoms with E-state index in [9.17, 15) is 13.2 Å². The molecule has 0 radical (unpaired) electrons. The first kappa shape index (κ1) is 16.0. The average Bonchev–Trinajstić information content (AvgIpc) is 2.73. The van der Waals surface area contributed by atoms with Gasteiger partial charge in [0.15, 0.2) is 0 Å². The Morgan fingerprint density at radius 3 is 2.62 bits per heavy atom. The smallest absolute Gasteiger partial charge is 0.340 e. The van der Waals surface area contributed by atoms with Crippen LogP contribution in [0.5, 0.6) is 0 Å². The molecule has 1 unspecified atom stereocenters. The number of rotatable bonds is 5. The van der Waals surface area contributed by atoms with Crippen molar-refractivity contribution in [1.29, 1.82) is 0 Å². The van der Waals surface area contributed by atoms with Gasteiger partial charge in [0.1, 0.15) is 22.0 Å². The van der Waals surface area contributed by atoms with E-state index in [1.807, 2.05) is 0 Å². The number of aryl methyl sites for hydroxylation is 2. The maximum Gasteiger partial charge on any atom is 0.340 e. The quantitative estimate of drug-likeness (QED) is 0.801. The Morgan fingerprint density at radius 1 is 1.33 bits per heavy atom. The highest BCUT2D eigenvalue weighted by molar-refractivity contribution is 7.89. The van der Waals surface area contributed by atoms with E-state index < -0.39 is 22.1 Å². The van der Waals surface area contributed by atoms with Crippen molar-refractivity contribution >= 4 is 16.0 Å². The van der Waals surface area contributed by atoms with Crippen molar-refractivity contribution in [1.82, 2.24) is 4.72 Å². The molecule has 1 aliphatic heterocycles. The molecule has 1 atom stereocenters. The lowest BCUT2D eigenvalue weighted by atomic mass is 10.2. The minimum absolute atomic E-state index is 0.00502. The zero-order chi connectivity index (χ0) is 15.6. The van der Waals surface area contributed by atoms with Gasteiger partial charge < -0.3 is 19.0 Å². The number of hydrogen-bond acceptors (Lipinski definition) is 6. The lowest BCUT2D eigenvalue weighted by Gasteiger charge is -2.23. The summed E-state index contributed by atoms with van der Waals surface area (Å²) in [5.41, 5.74) is -0.346.